The first-order chi connectivity index (χ1) is 9.92. The molecule has 3 heteroatoms. The topological polar surface area (TPSA) is 26.0 Å². The Hall–Kier alpha value is -2.55. The van der Waals surface area contributed by atoms with E-state index in [2.05, 4.69) is 30.5 Å². The van der Waals surface area contributed by atoms with Gasteiger partial charge in [-0.2, -0.15) is 0 Å². The Morgan fingerprint density at radius 1 is 0.800 bits per heavy atom. The fourth-order valence-corrected chi connectivity index (χ4v) is 2.51. The van der Waals surface area contributed by atoms with Gasteiger partial charge in [-0.25, -0.2) is 0 Å². The quantitative estimate of drug-likeness (QED) is 0.515. The van der Waals surface area contributed by atoms with E-state index >= 15 is 0 Å². The first-order valence-electron chi connectivity index (χ1n) is 6.58. The standard InChI is InChI=1S/C17H11BNO/c1-2-6-12(7-3-1)18-13-8-4-9-14-16(13)17-15(20-14)10-5-11-19-17/h1-11H. The van der Waals surface area contributed by atoms with Gasteiger partial charge in [-0.3, -0.25) is 4.98 Å². The molecule has 2 nitrogen and oxygen atoms in total. The maximum atomic E-state index is 5.85. The first kappa shape index (κ1) is 11.3. The van der Waals surface area contributed by atoms with Crippen molar-refractivity contribution in [1.82, 2.24) is 4.98 Å². The zero-order chi connectivity index (χ0) is 13.4. The van der Waals surface area contributed by atoms with E-state index in [1.807, 2.05) is 42.5 Å². The molecule has 20 heavy (non-hydrogen) atoms. The number of rotatable bonds is 2. The second kappa shape index (κ2) is 4.53. The highest BCUT2D eigenvalue weighted by atomic mass is 16.3. The molecule has 0 spiro atoms. The Bertz CT molecular complexity index is 883. The Kier molecular flexibility index (Phi) is 2.56. The molecule has 2 heterocycles. The summed E-state index contributed by atoms with van der Waals surface area (Å²) >= 11 is 0. The van der Waals surface area contributed by atoms with Crippen LogP contribution in [0.2, 0.25) is 0 Å². The summed E-state index contributed by atoms with van der Waals surface area (Å²) in [6, 6.07) is 20.2. The smallest absolute Gasteiger partial charge is 0.192 e. The minimum Gasteiger partial charge on any atom is -0.454 e. The minimum atomic E-state index is 0.830. The molecule has 2 aromatic heterocycles. The normalized spacial score (nSPS) is 11.0. The summed E-state index contributed by atoms with van der Waals surface area (Å²) in [6.45, 7) is 0. The van der Waals surface area contributed by atoms with Crippen LogP contribution in [0.15, 0.2) is 71.3 Å². The fraction of sp³-hybridized carbons (Fsp3) is 0. The van der Waals surface area contributed by atoms with Crippen molar-refractivity contribution in [1.29, 1.82) is 0 Å². The summed E-state index contributed by atoms with van der Waals surface area (Å²) in [7, 11) is 2.16. The lowest BCUT2D eigenvalue weighted by Crippen LogP contribution is -2.27. The summed E-state index contributed by atoms with van der Waals surface area (Å²) in [5.74, 6) is 0. The van der Waals surface area contributed by atoms with E-state index in [1.165, 1.54) is 5.46 Å². The zero-order valence-corrected chi connectivity index (χ0v) is 10.8. The van der Waals surface area contributed by atoms with Crippen LogP contribution in [0.5, 0.6) is 0 Å². The van der Waals surface area contributed by atoms with Gasteiger partial charge in [-0.05, 0) is 18.2 Å². The third-order valence-electron chi connectivity index (χ3n) is 3.41. The van der Waals surface area contributed by atoms with E-state index < -0.39 is 0 Å². The van der Waals surface area contributed by atoms with E-state index in [0.717, 1.165) is 27.5 Å². The van der Waals surface area contributed by atoms with Gasteiger partial charge < -0.3 is 4.42 Å². The van der Waals surface area contributed by atoms with Gasteiger partial charge in [0.15, 0.2) is 12.9 Å². The van der Waals surface area contributed by atoms with Crippen molar-refractivity contribution < 1.29 is 4.42 Å². The van der Waals surface area contributed by atoms with Crippen LogP contribution >= 0.6 is 0 Å². The van der Waals surface area contributed by atoms with Crippen molar-refractivity contribution in [2.45, 2.75) is 0 Å². The zero-order valence-electron chi connectivity index (χ0n) is 10.8. The van der Waals surface area contributed by atoms with E-state index in [4.69, 9.17) is 4.42 Å². The molecule has 0 aliphatic rings. The number of benzene rings is 2. The molecule has 4 rings (SSSR count). The van der Waals surface area contributed by atoms with Gasteiger partial charge in [0.25, 0.3) is 0 Å². The van der Waals surface area contributed by atoms with Gasteiger partial charge in [0, 0.05) is 11.6 Å². The molecule has 0 aliphatic heterocycles. The molecular formula is C17H11BNO. The number of aromatic nitrogens is 1. The molecule has 0 aliphatic carbocycles. The van der Waals surface area contributed by atoms with Crippen LogP contribution < -0.4 is 10.9 Å². The number of pyridine rings is 1. The summed E-state index contributed by atoms with van der Waals surface area (Å²) in [5.41, 5.74) is 4.93. The maximum Gasteiger partial charge on any atom is 0.192 e. The average Bonchev–Trinajstić information content (AvgIpc) is 2.88. The van der Waals surface area contributed by atoms with Crippen LogP contribution in [0, 0.1) is 0 Å². The highest BCUT2D eigenvalue weighted by Crippen LogP contribution is 2.24. The van der Waals surface area contributed by atoms with E-state index in [-0.39, 0.29) is 0 Å². The Balaban J connectivity index is 1.95. The summed E-state index contributed by atoms with van der Waals surface area (Å²) in [6.07, 6.45) is 1.80. The van der Waals surface area contributed by atoms with Crippen molar-refractivity contribution in [3.05, 3.63) is 66.9 Å². The molecule has 0 unspecified atom stereocenters. The second-order valence-electron chi connectivity index (χ2n) is 4.73. The van der Waals surface area contributed by atoms with Crippen molar-refractivity contribution >= 4 is 40.3 Å². The summed E-state index contributed by atoms with van der Waals surface area (Å²) < 4.78 is 5.85. The van der Waals surface area contributed by atoms with Crippen molar-refractivity contribution in [2.75, 3.05) is 0 Å². The molecule has 0 N–H and O–H groups in total. The number of hydrogen-bond donors (Lipinski definition) is 0. The number of nitrogens with zero attached hydrogens (tertiary/aromatic N) is 1. The van der Waals surface area contributed by atoms with Gasteiger partial charge in [0.1, 0.15) is 11.1 Å². The van der Waals surface area contributed by atoms with E-state index in [0.29, 0.717) is 0 Å². The third-order valence-corrected chi connectivity index (χ3v) is 3.41. The van der Waals surface area contributed by atoms with Crippen LogP contribution in [-0.2, 0) is 0 Å². The number of hydrogen-bond acceptors (Lipinski definition) is 2. The third kappa shape index (κ3) is 1.79. The molecule has 0 bridgehead atoms. The Morgan fingerprint density at radius 3 is 2.55 bits per heavy atom. The van der Waals surface area contributed by atoms with Crippen LogP contribution in [-0.4, -0.2) is 12.3 Å². The Labute approximate surface area is 117 Å². The van der Waals surface area contributed by atoms with Crippen LogP contribution in [0.25, 0.3) is 22.1 Å². The highest BCUT2D eigenvalue weighted by molar-refractivity contribution is 6.70. The highest BCUT2D eigenvalue weighted by Gasteiger charge is 2.12. The molecular weight excluding hydrogens is 245 g/mol. The largest absolute Gasteiger partial charge is 0.454 e. The molecule has 93 valence electrons. The lowest BCUT2D eigenvalue weighted by Gasteiger charge is -2.02. The minimum absolute atomic E-state index is 0.830. The monoisotopic (exact) mass is 256 g/mol. The molecule has 0 saturated heterocycles. The van der Waals surface area contributed by atoms with Crippen LogP contribution in [0.3, 0.4) is 0 Å². The van der Waals surface area contributed by atoms with Crippen LogP contribution in [0.4, 0.5) is 0 Å². The SMILES string of the molecule is [B](c1ccccc1)c1cccc2oc3cccnc3c12. The molecule has 0 atom stereocenters. The number of fused-ring (bicyclic) bond motifs is 3. The summed E-state index contributed by atoms with van der Waals surface area (Å²) in [5, 5.41) is 1.08. The van der Waals surface area contributed by atoms with Crippen molar-refractivity contribution in [3.8, 4) is 0 Å². The molecule has 0 amide bonds. The molecule has 0 fully saturated rings. The molecule has 4 aromatic rings. The summed E-state index contributed by atoms with van der Waals surface area (Å²) in [4.78, 5) is 4.46. The van der Waals surface area contributed by atoms with Crippen molar-refractivity contribution in [3.63, 3.8) is 0 Å². The van der Waals surface area contributed by atoms with Gasteiger partial charge in [-0.1, -0.05) is 53.4 Å². The second-order valence-corrected chi connectivity index (χ2v) is 4.73. The molecule has 1 radical (unpaired) electrons. The first-order valence-corrected chi connectivity index (χ1v) is 6.58. The maximum absolute atomic E-state index is 5.85. The van der Waals surface area contributed by atoms with Gasteiger partial charge in [0.2, 0.25) is 0 Å². The molecule has 2 aromatic carbocycles. The van der Waals surface area contributed by atoms with E-state index in [1.54, 1.807) is 6.20 Å². The fourth-order valence-electron chi connectivity index (χ4n) is 2.51. The molecule has 0 saturated carbocycles. The predicted molar refractivity (Wildman–Crippen MR) is 83.0 cm³/mol. The van der Waals surface area contributed by atoms with Crippen LogP contribution in [0.1, 0.15) is 0 Å². The van der Waals surface area contributed by atoms with Gasteiger partial charge in [-0.15, -0.1) is 0 Å². The van der Waals surface area contributed by atoms with E-state index in [9.17, 15) is 0 Å². The lowest BCUT2D eigenvalue weighted by molar-refractivity contribution is 0.668. The van der Waals surface area contributed by atoms with Gasteiger partial charge >= 0.3 is 0 Å². The Morgan fingerprint density at radius 2 is 1.65 bits per heavy atom. The average molecular weight is 256 g/mol. The van der Waals surface area contributed by atoms with Gasteiger partial charge in [0.05, 0.1) is 0 Å². The van der Waals surface area contributed by atoms with Crippen molar-refractivity contribution in [2.24, 2.45) is 0 Å². The predicted octanol–water partition coefficient (Wildman–Crippen LogP) is 2.64. The lowest BCUT2D eigenvalue weighted by atomic mass is 9.63. The number of furan rings is 1.